The molecule has 0 bridgehead atoms. The molecule has 1 aromatic rings. The zero-order valence-corrected chi connectivity index (χ0v) is 25.3. The zero-order valence-electron chi connectivity index (χ0n) is 23.8. The molecule has 0 radical (unpaired) electrons. The number of carbonyl (C=O) groups excluding carboxylic acids is 3. The fourth-order valence-electron chi connectivity index (χ4n) is 5.27. The van der Waals surface area contributed by atoms with Crippen LogP contribution in [0.3, 0.4) is 0 Å². The van der Waals surface area contributed by atoms with E-state index in [4.69, 9.17) is 32.7 Å². The Kier molecular flexibility index (Phi) is 11.3. The maximum atomic E-state index is 13.7. The summed E-state index contributed by atoms with van der Waals surface area (Å²) in [7, 11) is 0. The summed E-state index contributed by atoms with van der Waals surface area (Å²) < 4.78 is 11.0. The monoisotopic (exact) mass is 583 g/mol. The molecule has 3 rings (SSSR count). The fourth-order valence-corrected chi connectivity index (χ4v) is 5.76. The first-order valence-corrected chi connectivity index (χ1v) is 14.7. The van der Waals surface area contributed by atoms with Gasteiger partial charge in [-0.25, -0.2) is 4.79 Å². The Balaban J connectivity index is 1.65. The molecule has 3 atom stereocenters. The molecule has 1 saturated heterocycles. The van der Waals surface area contributed by atoms with Crippen molar-refractivity contribution in [3.05, 3.63) is 33.8 Å². The van der Waals surface area contributed by atoms with E-state index in [1.165, 1.54) is 0 Å². The minimum atomic E-state index is -0.831. The molecule has 2 aliphatic rings. The summed E-state index contributed by atoms with van der Waals surface area (Å²) in [6.45, 7) is 12.0. The second kappa shape index (κ2) is 14.0. The molecule has 39 heavy (non-hydrogen) atoms. The number of nitrogens with one attached hydrogen (secondary N) is 1. The van der Waals surface area contributed by atoms with Crippen LogP contribution in [-0.2, 0) is 25.5 Å². The largest absolute Gasteiger partial charge is 0.465 e. The van der Waals surface area contributed by atoms with Gasteiger partial charge in [0.2, 0.25) is 5.91 Å². The van der Waals surface area contributed by atoms with Crippen LogP contribution in [0.2, 0.25) is 10.0 Å². The second-order valence-corrected chi connectivity index (χ2v) is 12.7. The molecule has 2 fully saturated rings. The first kappa shape index (κ1) is 31.5. The Hall–Kier alpha value is -2.03. The van der Waals surface area contributed by atoms with Gasteiger partial charge in [0, 0.05) is 54.6 Å². The number of ether oxygens (including phenoxy) is 2. The predicted octanol–water partition coefficient (Wildman–Crippen LogP) is 5.33. The molecule has 1 heterocycles. The number of hydrogen-bond donors (Lipinski definition) is 1. The van der Waals surface area contributed by atoms with E-state index in [0.717, 1.165) is 44.3 Å². The van der Waals surface area contributed by atoms with Crippen LogP contribution in [0.4, 0.5) is 4.79 Å². The van der Waals surface area contributed by atoms with Crippen LogP contribution >= 0.6 is 23.2 Å². The van der Waals surface area contributed by atoms with Crippen LogP contribution in [0.5, 0.6) is 0 Å². The van der Waals surface area contributed by atoms with Gasteiger partial charge in [-0.2, -0.15) is 0 Å². The van der Waals surface area contributed by atoms with Crippen LogP contribution in [0.1, 0.15) is 65.9 Å². The average molecular weight is 585 g/mol. The molecule has 2 amide bonds. The third-order valence-corrected chi connectivity index (χ3v) is 7.89. The fraction of sp³-hybridized carbons (Fsp3) is 0.690. The summed E-state index contributed by atoms with van der Waals surface area (Å²) in [6.07, 6.45) is 3.98. The smallest absolute Gasteiger partial charge is 0.408 e. The Morgan fingerprint density at radius 3 is 2.33 bits per heavy atom. The quantitative estimate of drug-likeness (QED) is 0.416. The van der Waals surface area contributed by atoms with Crippen molar-refractivity contribution in [2.75, 3.05) is 32.8 Å². The van der Waals surface area contributed by atoms with Crippen molar-refractivity contribution >= 4 is 41.2 Å². The topological polar surface area (TPSA) is 88.2 Å². The highest BCUT2D eigenvalue weighted by Gasteiger charge is 2.36. The number of esters is 1. The summed E-state index contributed by atoms with van der Waals surface area (Å²) >= 11 is 12.5. The van der Waals surface area contributed by atoms with Crippen molar-refractivity contribution in [2.45, 2.75) is 84.4 Å². The number of benzene rings is 1. The highest BCUT2D eigenvalue weighted by molar-refractivity contribution is 6.35. The molecular formula is C29H43Cl2N3O5. The molecule has 1 saturated carbocycles. The lowest BCUT2D eigenvalue weighted by atomic mass is 9.83. The molecule has 1 aliphatic carbocycles. The van der Waals surface area contributed by atoms with Crippen LogP contribution in [0.25, 0.3) is 0 Å². The summed E-state index contributed by atoms with van der Waals surface area (Å²) in [5, 5.41) is 3.72. The van der Waals surface area contributed by atoms with Gasteiger partial charge in [-0.15, -0.1) is 0 Å². The molecule has 10 heteroatoms. The number of carbonyl (C=O) groups is 3. The van der Waals surface area contributed by atoms with E-state index in [-0.39, 0.29) is 24.2 Å². The van der Waals surface area contributed by atoms with Gasteiger partial charge in [-0.3, -0.25) is 14.5 Å². The van der Waals surface area contributed by atoms with E-state index in [1.54, 1.807) is 43.9 Å². The van der Waals surface area contributed by atoms with Crippen LogP contribution in [-0.4, -0.2) is 78.2 Å². The van der Waals surface area contributed by atoms with Gasteiger partial charge in [0.25, 0.3) is 0 Å². The highest BCUT2D eigenvalue weighted by Crippen LogP contribution is 2.30. The Morgan fingerprint density at radius 2 is 1.72 bits per heavy atom. The van der Waals surface area contributed by atoms with E-state index in [9.17, 15) is 14.4 Å². The van der Waals surface area contributed by atoms with Crippen molar-refractivity contribution in [1.82, 2.24) is 15.1 Å². The van der Waals surface area contributed by atoms with Gasteiger partial charge in [0.05, 0.1) is 12.5 Å². The maximum absolute atomic E-state index is 13.7. The molecule has 8 nitrogen and oxygen atoms in total. The number of amides is 2. The molecular weight excluding hydrogens is 541 g/mol. The van der Waals surface area contributed by atoms with Crippen LogP contribution in [0.15, 0.2) is 18.2 Å². The molecule has 1 aromatic carbocycles. The SMILES string of the molecule is CC(C)C(=O)OC[C@@H]1CCCC[C@H]1N1CCN(C(=O)C(Cc2ccc(Cl)cc2Cl)NC(=O)OC(C)(C)C)CC1. The Morgan fingerprint density at radius 1 is 1.05 bits per heavy atom. The normalized spacial score (nSPS) is 21.4. The molecule has 0 aromatic heterocycles. The minimum absolute atomic E-state index is 0.133. The summed E-state index contributed by atoms with van der Waals surface area (Å²) in [5.41, 5.74) is 0.0245. The third kappa shape index (κ3) is 9.54. The number of piperazine rings is 1. The van der Waals surface area contributed by atoms with E-state index in [1.807, 2.05) is 13.8 Å². The molecule has 1 unspecified atom stereocenters. The van der Waals surface area contributed by atoms with Crippen molar-refractivity contribution in [3.8, 4) is 0 Å². The number of hydrogen-bond acceptors (Lipinski definition) is 6. The van der Waals surface area contributed by atoms with E-state index < -0.39 is 17.7 Å². The lowest BCUT2D eigenvalue weighted by molar-refractivity contribution is -0.150. The maximum Gasteiger partial charge on any atom is 0.408 e. The van der Waals surface area contributed by atoms with Gasteiger partial charge < -0.3 is 19.7 Å². The second-order valence-electron chi connectivity index (χ2n) is 11.9. The van der Waals surface area contributed by atoms with Gasteiger partial charge in [-0.05, 0) is 51.3 Å². The average Bonchev–Trinajstić information content (AvgIpc) is 2.87. The summed E-state index contributed by atoms with van der Waals surface area (Å²) in [6, 6.07) is 4.62. The van der Waals surface area contributed by atoms with Crippen molar-refractivity contribution in [2.24, 2.45) is 11.8 Å². The number of rotatable bonds is 8. The van der Waals surface area contributed by atoms with Gasteiger partial charge in [-0.1, -0.05) is 56.0 Å². The van der Waals surface area contributed by atoms with E-state index in [0.29, 0.717) is 41.7 Å². The molecule has 218 valence electrons. The first-order chi connectivity index (χ1) is 18.3. The van der Waals surface area contributed by atoms with Gasteiger partial charge in [0.1, 0.15) is 11.6 Å². The lowest BCUT2D eigenvalue weighted by Crippen LogP contribution is -2.58. The standard InChI is InChI=1S/C29H43Cl2N3O5/c1-19(2)27(36)38-18-21-8-6-7-9-25(21)33-12-14-34(15-13-33)26(35)24(32-28(37)39-29(3,4)5)16-20-10-11-22(30)17-23(20)31/h10-11,17,19,21,24-25H,6-9,12-16,18H2,1-5H3,(H,32,37)/t21-,24?,25+/m0/s1. The summed E-state index contributed by atoms with van der Waals surface area (Å²) in [5.74, 6) is -0.152. The third-order valence-electron chi connectivity index (χ3n) is 7.30. The Labute approximate surface area is 242 Å². The first-order valence-electron chi connectivity index (χ1n) is 14.0. The molecule has 1 aliphatic heterocycles. The minimum Gasteiger partial charge on any atom is -0.465 e. The molecule has 0 spiro atoms. The lowest BCUT2D eigenvalue weighted by Gasteiger charge is -2.44. The van der Waals surface area contributed by atoms with Crippen LogP contribution in [0, 0.1) is 11.8 Å². The van der Waals surface area contributed by atoms with Crippen molar-refractivity contribution < 1.29 is 23.9 Å². The van der Waals surface area contributed by atoms with Gasteiger partial charge in [0.15, 0.2) is 0 Å². The number of halogens is 2. The van der Waals surface area contributed by atoms with Gasteiger partial charge >= 0.3 is 12.1 Å². The number of nitrogens with zero attached hydrogens (tertiary/aromatic N) is 2. The Bertz CT molecular complexity index is 1010. The highest BCUT2D eigenvalue weighted by atomic mass is 35.5. The van der Waals surface area contributed by atoms with E-state index >= 15 is 0 Å². The number of alkyl carbamates (subject to hydrolysis) is 1. The van der Waals surface area contributed by atoms with Crippen molar-refractivity contribution in [1.29, 1.82) is 0 Å². The zero-order chi connectivity index (χ0) is 28.7. The summed E-state index contributed by atoms with van der Waals surface area (Å²) in [4.78, 5) is 42.6. The van der Waals surface area contributed by atoms with Crippen molar-refractivity contribution in [3.63, 3.8) is 0 Å². The molecule has 1 N–H and O–H groups in total. The predicted molar refractivity (Wildman–Crippen MR) is 153 cm³/mol. The van der Waals surface area contributed by atoms with E-state index in [2.05, 4.69) is 10.2 Å². The van der Waals surface area contributed by atoms with Crippen LogP contribution < -0.4 is 5.32 Å².